The van der Waals surface area contributed by atoms with Crippen molar-refractivity contribution in [3.05, 3.63) is 59.4 Å². The molecule has 0 bridgehead atoms. The molecule has 1 aliphatic rings. The van der Waals surface area contributed by atoms with Gasteiger partial charge in [-0.05, 0) is 54.5 Å². The maximum Gasteiger partial charge on any atom is 0.231 e. The van der Waals surface area contributed by atoms with Gasteiger partial charge in [-0.25, -0.2) is 4.39 Å². The van der Waals surface area contributed by atoms with E-state index in [4.69, 9.17) is 21.7 Å². The third-order valence-corrected chi connectivity index (χ3v) is 3.87. The van der Waals surface area contributed by atoms with Crippen LogP contribution in [0.1, 0.15) is 24.1 Å². The molecule has 0 saturated heterocycles. The fourth-order valence-electron chi connectivity index (χ4n) is 2.32. The van der Waals surface area contributed by atoms with E-state index in [1.54, 1.807) is 12.1 Å². The molecule has 2 N–H and O–H groups in total. The van der Waals surface area contributed by atoms with E-state index in [9.17, 15) is 4.39 Å². The number of ether oxygens (including phenoxy) is 2. The van der Waals surface area contributed by atoms with E-state index in [1.807, 2.05) is 25.1 Å². The molecule has 120 valence electrons. The molecule has 4 nitrogen and oxygen atoms in total. The van der Waals surface area contributed by atoms with Crippen molar-refractivity contribution in [2.24, 2.45) is 0 Å². The zero-order valence-electron chi connectivity index (χ0n) is 12.6. The lowest BCUT2D eigenvalue weighted by Crippen LogP contribution is -2.36. The van der Waals surface area contributed by atoms with Crippen molar-refractivity contribution in [1.82, 2.24) is 10.6 Å². The number of benzene rings is 2. The summed E-state index contributed by atoms with van der Waals surface area (Å²) in [6.07, 6.45) is 0. The van der Waals surface area contributed by atoms with Crippen LogP contribution in [0.5, 0.6) is 11.5 Å². The maximum atomic E-state index is 12.9. The molecule has 0 unspecified atom stereocenters. The van der Waals surface area contributed by atoms with Gasteiger partial charge in [-0.3, -0.25) is 0 Å². The Morgan fingerprint density at radius 1 is 1.17 bits per heavy atom. The average molecular weight is 332 g/mol. The van der Waals surface area contributed by atoms with Gasteiger partial charge in [-0.2, -0.15) is 0 Å². The maximum absolute atomic E-state index is 12.9. The van der Waals surface area contributed by atoms with Crippen LogP contribution in [-0.4, -0.2) is 11.9 Å². The summed E-state index contributed by atoms with van der Waals surface area (Å²) in [5, 5.41) is 6.87. The molecule has 0 amide bonds. The lowest BCUT2D eigenvalue weighted by atomic mass is 10.1. The first-order valence-corrected chi connectivity index (χ1v) is 7.71. The first-order valence-electron chi connectivity index (χ1n) is 7.30. The van der Waals surface area contributed by atoms with E-state index in [1.165, 1.54) is 12.1 Å². The fraction of sp³-hybridized carbons (Fsp3) is 0.235. The number of rotatable bonds is 4. The van der Waals surface area contributed by atoms with Gasteiger partial charge < -0.3 is 20.1 Å². The van der Waals surface area contributed by atoms with Crippen LogP contribution in [0.2, 0.25) is 0 Å². The highest BCUT2D eigenvalue weighted by molar-refractivity contribution is 7.80. The van der Waals surface area contributed by atoms with Crippen molar-refractivity contribution in [2.45, 2.75) is 19.5 Å². The largest absolute Gasteiger partial charge is 0.454 e. The van der Waals surface area contributed by atoms with Crippen molar-refractivity contribution in [1.29, 1.82) is 0 Å². The minimum absolute atomic E-state index is 0.00708. The van der Waals surface area contributed by atoms with Gasteiger partial charge in [0.05, 0.1) is 6.04 Å². The Morgan fingerprint density at radius 3 is 2.70 bits per heavy atom. The fourth-order valence-corrected chi connectivity index (χ4v) is 2.56. The Balaban J connectivity index is 1.52. The third kappa shape index (κ3) is 3.90. The Labute approximate surface area is 139 Å². The molecule has 0 aliphatic carbocycles. The summed E-state index contributed by atoms with van der Waals surface area (Å²) >= 11 is 5.30. The highest BCUT2D eigenvalue weighted by Crippen LogP contribution is 2.32. The van der Waals surface area contributed by atoms with Crippen LogP contribution in [-0.2, 0) is 6.54 Å². The number of nitrogens with one attached hydrogen (secondary N) is 2. The predicted molar refractivity (Wildman–Crippen MR) is 90.0 cm³/mol. The topological polar surface area (TPSA) is 42.5 Å². The molecule has 1 atom stereocenters. The molecular weight excluding hydrogens is 315 g/mol. The summed E-state index contributed by atoms with van der Waals surface area (Å²) in [5.74, 6) is 1.27. The number of thiocarbonyl (C=S) groups is 1. The van der Waals surface area contributed by atoms with Crippen molar-refractivity contribution >= 4 is 17.3 Å². The summed E-state index contributed by atoms with van der Waals surface area (Å²) in [5.41, 5.74) is 2.02. The molecule has 0 fully saturated rings. The van der Waals surface area contributed by atoms with Gasteiger partial charge in [0.25, 0.3) is 0 Å². The molecule has 6 heteroatoms. The summed E-state index contributed by atoms with van der Waals surface area (Å²) in [7, 11) is 0. The third-order valence-electron chi connectivity index (χ3n) is 3.61. The standard InChI is InChI=1S/C17H17FN2O2S/c1-11(13-3-5-14(18)6-4-13)20-17(23)19-9-12-2-7-15-16(8-12)22-10-21-15/h2-8,11H,9-10H2,1H3,(H2,19,20,23)/t11-/m1/s1. The van der Waals surface area contributed by atoms with Crippen molar-refractivity contribution in [3.63, 3.8) is 0 Å². The molecular formula is C17H17FN2O2S. The second-order valence-electron chi connectivity index (χ2n) is 5.29. The molecule has 3 rings (SSSR count). The molecule has 0 aromatic heterocycles. The number of hydrogen-bond acceptors (Lipinski definition) is 3. The second kappa shape index (κ2) is 6.83. The van der Waals surface area contributed by atoms with Crippen molar-refractivity contribution in [3.8, 4) is 11.5 Å². The lowest BCUT2D eigenvalue weighted by Gasteiger charge is -2.17. The Kier molecular flexibility index (Phi) is 4.62. The second-order valence-corrected chi connectivity index (χ2v) is 5.70. The van der Waals surface area contributed by atoms with Crippen LogP contribution in [0.4, 0.5) is 4.39 Å². The van der Waals surface area contributed by atoms with Gasteiger partial charge in [0.15, 0.2) is 16.6 Å². The first kappa shape index (κ1) is 15.6. The van der Waals surface area contributed by atoms with Crippen LogP contribution in [0.15, 0.2) is 42.5 Å². The molecule has 2 aromatic carbocycles. The number of fused-ring (bicyclic) bond motifs is 1. The predicted octanol–water partition coefficient (Wildman–Crippen LogP) is 3.28. The smallest absolute Gasteiger partial charge is 0.231 e. The zero-order chi connectivity index (χ0) is 16.2. The highest BCUT2D eigenvalue weighted by atomic mass is 32.1. The Morgan fingerprint density at radius 2 is 1.91 bits per heavy atom. The average Bonchev–Trinajstić information content (AvgIpc) is 3.01. The molecule has 0 spiro atoms. The van der Waals surface area contributed by atoms with Gasteiger partial charge in [0.1, 0.15) is 5.82 Å². The van der Waals surface area contributed by atoms with E-state index in [2.05, 4.69) is 10.6 Å². The van der Waals surface area contributed by atoms with Crippen molar-refractivity contribution in [2.75, 3.05) is 6.79 Å². The minimum atomic E-state index is -0.246. The van der Waals surface area contributed by atoms with Gasteiger partial charge in [-0.15, -0.1) is 0 Å². The number of hydrogen-bond donors (Lipinski definition) is 2. The van der Waals surface area contributed by atoms with E-state index in [0.29, 0.717) is 11.7 Å². The van der Waals surface area contributed by atoms with Gasteiger partial charge >= 0.3 is 0 Å². The van der Waals surface area contributed by atoms with E-state index >= 15 is 0 Å². The Hall–Kier alpha value is -2.34. The van der Waals surface area contributed by atoms with Gasteiger partial charge in [0, 0.05) is 6.54 Å². The molecule has 0 radical (unpaired) electrons. The molecule has 23 heavy (non-hydrogen) atoms. The molecule has 2 aromatic rings. The normalized spacial score (nSPS) is 13.5. The lowest BCUT2D eigenvalue weighted by molar-refractivity contribution is 0.174. The summed E-state index contributed by atoms with van der Waals surface area (Å²) < 4.78 is 23.6. The molecule has 0 saturated carbocycles. The SMILES string of the molecule is C[C@@H](NC(=S)NCc1ccc2c(c1)OCO2)c1ccc(F)cc1. The van der Waals surface area contributed by atoms with Crippen LogP contribution in [0.25, 0.3) is 0 Å². The van der Waals surface area contributed by atoms with Crippen LogP contribution < -0.4 is 20.1 Å². The zero-order valence-corrected chi connectivity index (χ0v) is 13.5. The van der Waals surface area contributed by atoms with E-state index in [-0.39, 0.29) is 18.7 Å². The van der Waals surface area contributed by atoms with Gasteiger partial charge in [0.2, 0.25) is 6.79 Å². The molecule has 1 aliphatic heterocycles. The van der Waals surface area contributed by atoms with Crippen LogP contribution in [0.3, 0.4) is 0 Å². The van der Waals surface area contributed by atoms with Crippen molar-refractivity contribution < 1.29 is 13.9 Å². The van der Waals surface area contributed by atoms with Crippen LogP contribution in [0, 0.1) is 5.82 Å². The summed E-state index contributed by atoms with van der Waals surface area (Å²) in [6, 6.07) is 12.1. The van der Waals surface area contributed by atoms with Gasteiger partial charge in [-0.1, -0.05) is 18.2 Å². The van der Waals surface area contributed by atoms with E-state index in [0.717, 1.165) is 22.6 Å². The highest BCUT2D eigenvalue weighted by Gasteiger charge is 2.13. The Bertz CT molecular complexity index is 706. The minimum Gasteiger partial charge on any atom is -0.454 e. The van der Waals surface area contributed by atoms with Crippen LogP contribution >= 0.6 is 12.2 Å². The molecule has 1 heterocycles. The monoisotopic (exact) mass is 332 g/mol. The summed E-state index contributed by atoms with van der Waals surface area (Å²) in [6.45, 7) is 2.82. The first-order chi connectivity index (χ1) is 11.1. The summed E-state index contributed by atoms with van der Waals surface area (Å²) in [4.78, 5) is 0. The number of halogens is 1. The quantitative estimate of drug-likeness (QED) is 0.841. The van der Waals surface area contributed by atoms with E-state index < -0.39 is 0 Å².